The van der Waals surface area contributed by atoms with Crippen molar-refractivity contribution in [3.63, 3.8) is 0 Å². The van der Waals surface area contributed by atoms with Crippen LogP contribution in [0.1, 0.15) is 103 Å². The van der Waals surface area contributed by atoms with E-state index in [0.717, 1.165) is 86.2 Å². The lowest BCUT2D eigenvalue weighted by atomic mass is 10.1. The molecule has 0 saturated heterocycles. The second-order valence-corrected chi connectivity index (χ2v) is 14.8. The third-order valence-electron chi connectivity index (χ3n) is 9.03. The molecule has 0 saturated carbocycles. The molecule has 0 spiro atoms. The molecule has 6 bridgehead atoms. The third-order valence-corrected chi connectivity index (χ3v) is 11.4. The van der Waals surface area contributed by atoms with Crippen molar-refractivity contribution < 1.29 is 18.9 Å². The molecule has 0 aliphatic carbocycles. The van der Waals surface area contributed by atoms with Crippen LogP contribution in [0, 0.1) is 0 Å². The van der Waals surface area contributed by atoms with Gasteiger partial charge in [0.05, 0.1) is 37.6 Å². The van der Waals surface area contributed by atoms with Crippen molar-refractivity contribution in [3.8, 4) is 53.6 Å². The first-order chi connectivity index (χ1) is 22.9. The first-order valence-electron chi connectivity index (χ1n) is 17.8. The fraction of sp³-hybridized carbons (Fsp3) is 0.500. The minimum absolute atomic E-state index is 0.740. The summed E-state index contributed by atoms with van der Waals surface area (Å²) in [6, 6.07) is 21.6. The molecule has 4 heterocycles. The highest BCUT2D eigenvalue weighted by atomic mass is 32.1. The van der Waals surface area contributed by atoms with E-state index in [4.69, 9.17) is 18.9 Å². The summed E-state index contributed by atoms with van der Waals surface area (Å²) in [5, 5.41) is 0. The highest BCUT2D eigenvalue weighted by Crippen LogP contribution is 2.48. The van der Waals surface area contributed by atoms with Crippen LogP contribution in [-0.4, -0.2) is 26.4 Å². The predicted octanol–water partition coefficient (Wildman–Crippen LogP) is 12.6. The van der Waals surface area contributed by atoms with Gasteiger partial charge in [-0.15, -0.1) is 22.7 Å². The Balaban J connectivity index is 1.36. The molecule has 2 aromatic heterocycles. The van der Waals surface area contributed by atoms with E-state index in [1.807, 2.05) is 22.7 Å². The molecular weight excluding hydrogens is 609 g/mol. The zero-order chi connectivity index (χ0) is 31.2. The van der Waals surface area contributed by atoms with Crippen molar-refractivity contribution in [2.45, 2.75) is 103 Å². The maximum Gasteiger partial charge on any atom is 0.131 e. The lowest BCUT2D eigenvalue weighted by molar-refractivity contribution is 0.289. The van der Waals surface area contributed by atoms with Gasteiger partial charge in [0, 0.05) is 19.5 Å². The Labute approximate surface area is 284 Å². The molecular formula is C40H50O4S2. The normalized spacial score (nSPS) is 17.8. The van der Waals surface area contributed by atoms with Crippen LogP contribution in [0.4, 0.5) is 0 Å². The van der Waals surface area contributed by atoms with E-state index in [-0.39, 0.29) is 0 Å². The molecule has 0 unspecified atom stereocenters. The smallest absolute Gasteiger partial charge is 0.131 e. The van der Waals surface area contributed by atoms with Gasteiger partial charge in [-0.1, -0.05) is 89.2 Å². The number of ether oxygens (including phenoxy) is 4. The largest absolute Gasteiger partial charge is 0.493 e. The zero-order valence-electron chi connectivity index (χ0n) is 27.4. The van der Waals surface area contributed by atoms with Crippen LogP contribution < -0.4 is 18.9 Å². The molecule has 2 aliphatic heterocycles. The summed E-state index contributed by atoms with van der Waals surface area (Å²) in [5.41, 5.74) is 2.18. The summed E-state index contributed by atoms with van der Waals surface area (Å²) in [6.45, 7) is 2.96. The molecule has 246 valence electrons. The molecule has 4 aromatic rings. The lowest BCUT2D eigenvalue weighted by Crippen LogP contribution is -2.03. The van der Waals surface area contributed by atoms with Crippen molar-refractivity contribution in [2.75, 3.05) is 26.4 Å². The molecule has 0 N–H and O–H groups in total. The van der Waals surface area contributed by atoms with Crippen molar-refractivity contribution in [1.82, 2.24) is 0 Å². The number of hydrogen-bond acceptors (Lipinski definition) is 6. The summed E-state index contributed by atoms with van der Waals surface area (Å²) in [5.74, 6) is 3.73. The molecule has 6 rings (SSSR count). The Hall–Kier alpha value is -2.96. The van der Waals surface area contributed by atoms with Gasteiger partial charge >= 0.3 is 0 Å². The van der Waals surface area contributed by atoms with E-state index in [1.165, 1.54) is 96.6 Å². The quantitative estimate of drug-likeness (QED) is 0.188. The summed E-state index contributed by atoms with van der Waals surface area (Å²) < 4.78 is 26.0. The first-order valence-corrected chi connectivity index (χ1v) is 19.5. The van der Waals surface area contributed by atoms with Crippen LogP contribution in [0.15, 0.2) is 60.7 Å². The van der Waals surface area contributed by atoms with Gasteiger partial charge in [0.2, 0.25) is 0 Å². The standard InChI is InChI=1S/C40H50O4S2/c1-2-6-10-14-28-42-32-20-18-22-34-40(32)38-26-24-36(46-38)35-23-25-37(45-35)39-31(41-27-13-9-5-1)19-17-21-33(39)43-29-15-11-7-3-4-8-12-16-30-44-34/h17-26H,1-16,27-30H2. The first kappa shape index (κ1) is 33.0. The summed E-state index contributed by atoms with van der Waals surface area (Å²) in [7, 11) is 0. The van der Waals surface area contributed by atoms with Gasteiger partial charge in [-0.2, -0.15) is 0 Å². The van der Waals surface area contributed by atoms with E-state index in [9.17, 15) is 0 Å². The zero-order valence-corrected chi connectivity index (χ0v) is 29.0. The Morgan fingerprint density at radius 2 is 0.565 bits per heavy atom. The Kier molecular flexibility index (Phi) is 12.8. The van der Waals surface area contributed by atoms with Gasteiger partial charge in [-0.05, 0) is 74.2 Å². The summed E-state index contributed by atoms with van der Waals surface area (Å²) in [4.78, 5) is 4.87. The van der Waals surface area contributed by atoms with E-state index in [2.05, 4.69) is 60.7 Å². The molecule has 6 heteroatoms. The molecule has 46 heavy (non-hydrogen) atoms. The summed E-state index contributed by atoms with van der Waals surface area (Å²) >= 11 is 3.63. The number of benzene rings is 2. The minimum Gasteiger partial charge on any atom is -0.493 e. The Morgan fingerprint density at radius 3 is 0.870 bits per heavy atom. The van der Waals surface area contributed by atoms with Gasteiger partial charge in [0.25, 0.3) is 0 Å². The van der Waals surface area contributed by atoms with Crippen molar-refractivity contribution in [1.29, 1.82) is 0 Å². The molecule has 0 fully saturated rings. The highest BCUT2D eigenvalue weighted by Gasteiger charge is 2.20. The molecule has 0 atom stereocenters. The van der Waals surface area contributed by atoms with Crippen LogP contribution in [0.25, 0.3) is 30.6 Å². The number of rotatable bonds is 0. The average molecular weight is 659 g/mol. The SMILES string of the molecule is c1cc2c3c(c1)OCCCCCCCCCCOc1cccc(c1-c1ccc(s1)-c1ccc-3s1)OCCCCCCCCCCO2. The highest BCUT2D eigenvalue weighted by molar-refractivity contribution is 7.25. The van der Waals surface area contributed by atoms with Crippen molar-refractivity contribution in [2.24, 2.45) is 0 Å². The fourth-order valence-corrected chi connectivity index (χ4v) is 8.67. The van der Waals surface area contributed by atoms with Crippen LogP contribution in [0.2, 0.25) is 0 Å². The second kappa shape index (κ2) is 17.8. The number of hydrogen-bond donors (Lipinski definition) is 0. The fourth-order valence-electron chi connectivity index (χ4n) is 6.46. The topological polar surface area (TPSA) is 36.9 Å². The second-order valence-electron chi connectivity index (χ2n) is 12.6. The van der Waals surface area contributed by atoms with Crippen LogP contribution in [0.5, 0.6) is 23.0 Å². The van der Waals surface area contributed by atoms with Crippen LogP contribution >= 0.6 is 22.7 Å². The maximum absolute atomic E-state index is 6.49. The Bertz CT molecular complexity index is 1310. The van der Waals surface area contributed by atoms with E-state index < -0.39 is 0 Å². The van der Waals surface area contributed by atoms with Gasteiger partial charge < -0.3 is 18.9 Å². The van der Waals surface area contributed by atoms with Crippen LogP contribution in [-0.2, 0) is 0 Å². The van der Waals surface area contributed by atoms with E-state index >= 15 is 0 Å². The van der Waals surface area contributed by atoms with Crippen LogP contribution in [0.3, 0.4) is 0 Å². The average Bonchev–Trinajstić information content (AvgIpc) is 3.76. The monoisotopic (exact) mass is 658 g/mol. The van der Waals surface area contributed by atoms with Gasteiger partial charge in [0.15, 0.2) is 0 Å². The molecule has 4 nitrogen and oxygen atoms in total. The number of thiophene rings is 2. The molecule has 0 amide bonds. The molecule has 2 aromatic carbocycles. The third kappa shape index (κ3) is 9.10. The van der Waals surface area contributed by atoms with E-state index in [0.29, 0.717) is 0 Å². The minimum atomic E-state index is 0.740. The molecule has 0 radical (unpaired) electrons. The van der Waals surface area contributed by atoms with Crippen molar-refractivity contribution in [3.05, 3.63) is 60.7 Å². The van der Waals surface area contributed by atoms with Gasteiger partial charge in [0.1, 0.15) is 23.0 Å². The lowest BCUT2D eigenvalue weighted by Gasteiger charge is -2.16. The summed E-state index contributed by atoms with van der Waals surface area (Å²) in [6.07, 6.45) is 19.4. The predicted molar refractivity (Wildman–Crippen MR) is 194 cm³/mol. The molecule has 2 aliphatic rings. The van der Waals surface area contributed by atoms with Gasteiger partial charge in [-0.25, -0.2) is 0 Å². The van der Waals surface area contributed by atoms with Gasteiger partial charge in [-0.3, -0.25) is 0 Å². The maximum atomic E-state index is 6.49. The van der Waals surface area contributed by atoms with Crippen molar-refractivity contribution >= 4 is 22.7 Å². The Morgan fingerprint density at radius 1 is 0.304 bits per heavy atom. The van der Waals surface area contributed by atoms with E-state index in [1.54, 1.807) is 0 Å².